The molecule has 1 aliphatic rings. The van der Waals surface area contributed by atoms with Crippen molar-refractivity contribution in [3.05, 3.63) is 11.6 Å². The van der Waals surface area contributed by atoms with Crippen molar-refractivity contribution in [3.63, 3.8) is 0 Å². The van der Waals surface area contributed by atoms with Crippen molar-refractivity contribution in [1.29, 1.82) is 0 Å². The van der Waals surface area contributed by atoms with Gasteiger partial charge in [0.05, 0.1) is 12.5 Å². The molecule has 0 spiro atoms. The standard InChI is InChI=1S/C9H14O9S2/c1-19(13,14)17-7-4-5(9(11)12)3-6(10)8(7)18-20(2,15)16/h3,6-8,10H,4H2,1-2H3,(H,11,12)/t6-,7-,8-/m1/s1. The topological polar surface area (TPSA) is 144 Å². The van der Waals surface area contributed by atoms with E-state index in [0.29, 0.717) is 6.26 Å². The molecule has 11 heteroatoms. The van der Waals surface area contributed by atoms with E-state index in [0.717, 1.165) is 12.3 Å². The highest BCUT2D eigenvalue weighted by atomic mass is 32.2. The predicted molar refractivity (Wildman–Crippen MR) is 65.8 cm³/mol. The second-order valence-corrected chi connectivity index (χ2v) is 7.50. The summed E-state index contributed by atoms with van der Waals surface area (Å²) in [5.74, 6) is -1.37. The molecule has 0 unspecified atom stereocenters. The number of aliphatic hydroxyl groups is 1. The van der Waals surface area contributed by atoms with Crippen molar-refractivity contribution >= 4 is 26.2 Å². The van der Waals surface area contributed by atoms with Crippen LogP contribution in [0.3, 0.4) is 0 Å². The van der Waals surface area contributed by atoms with Crippen LogP contribution in [0.1, 0.15) is 6.42 Å². The van der Waals surface area contributed by atoms with Crippen molar-refractivity contribution in [3.8, 4) is 0 Å². The number of hydrogen-bond acceptors (Lipinski definition) is 8. The molecule has 0 bridgehead atoms. The first kappa shape index (κ1) is 17.0. The van der Waals surface area contributed by atoms with E-state index in [4.69, 9.17) is 5.11 Å². The van der Waals surface area contributed by atoms with E-state index in [1.165, 1.54) is 0 Å². The van der Waals surface area contributed by atoms with Crippen molar-refractivity contribution in [2.24, 2.45) is 0 Å². The monoisotopic (exact) mass is 330 g/mol. The quantitative estimate of drug-likeness (QED) is 0.572. The van der Waals surface area contributed by atoms with E-state index in [9.17, 15) is 26.7 Å². The highest BCUT2D eigenvalue weighted by molar-refractivity contribution is 7.86. The average Bonchev–Trinajstić information content (AvgIpc) is 2.18. The largest absolute Gasteiger partial charge is 0.478 e. The second-order valence-electron chi connectivity index (χ2n) is 4.30. The summed E-state index contributed by atoms with van der Waals surface area (Å²) in [7, 11) is -7.99. The van der Waals surface area contributed by atoms with E-state index in [-0.39, 0.29) is 5.57 Å². The Morgan fingerprint density at radius 1 is 1.20 bits per heavy atom. The predicted octanol–water partition coefficient (Wildman–Crippen LogP) is -1.55. The zero-order chi connectivity index (χ0) is 15.7. The fraction of sp³-hybridized carbons (Fsp3) is 0.667. The molecule has 0 aromatic heterocycles. The molecule has 1 aliphatic carbocycles. The summed E-state index contributed by atoms with van der Waals surface area (Å²) in [5.41, 5.74) is -0.292. The van der Waals surface area contributed by atoms with Gasteiger partial charge < -0.3 is 10.2 Å². The van der Waals surface area contributed by atoms with Gasteiger partial charge in [0, 0.05) is 12.0 Å². The van der Waals surface area contributed by atoms with E-state index in [2.05, 4.69) is 8.37 Å². The minimum atomic E-state index is -3.99. The Kier molecular flexibility index (Phi) is 4.92. The molecular weight excluding hydrogens is 316 g/mol. The molecule has 9 nitrogen and oxygen atoms in total. The molecule has 0 saturated carbocycles. The Hall–Kier alpha value is -1.01. The molecule has 0 aromatic carbocycles. The highest BCUT2D eigenvalue weighted by Gasteiger charge is 2.40. The van der Waals surface area contributed by atoms with Gasteiger partial charge in [0.25, 0.3) is 20.2 Å². The molecule has 0 fully saturated rings. The van der Waals surface area contributed by atoms with Crippen LogP contribution in [0.2, 0.25) is 0 Å². The van der Waals surface area contributed by atoms with E-state index in [1.807, 2.05) is 0 Å². The Morgan fingerprint density at radius 3 is 2.10 bits per heavy atom. The average molecular weight is 330 g/mol. The third-order valence-corrected chi connectivity index (χ3v) is 3.52. The van der Waals surface area contributed by atoms with Crippen molar-refractivity contribution in [1.82, 2.24) is 0 Å². The number of carbonyl (C=O) groups is 1. The Bertz CT molecular complexity index is 616. The minimum Gasteiger partial charge on any atom is -0.478 e. The van der Waals surface area contributed by atoms with E-state index >= 15 is 0 Å². The summed E-state index contributed by atoms with van der Waals surface area (Å²) >= 11 is 0. The smallest absolute Gasteiger partial charge is 0.331 e. The van der Waals surface area contributed by atoms with Crippen molar-refractivity contribution in [2.75, 3.05) is 12.5 Å². The lowest BCUT2D eigenvalue weighted by Crippen LogP contribution is -2.46. The first-order valence-corrected chi connectivity index (χ1v) is 8.91. The molecule has 2 N–H and O–H groups in total. The second kappa shape index (κ2) is 5.77. The molecule has 20 heavy (non-hydrogen) atoms. The molecule has 3 atom stereocenters. The maximum absolute atomic E-state index is 11.1. The first-order valence-electron chi connectivity index (χ1n) is 5.27. The van der Waals surface area contributed by atoms with Gasteiger partial charge >= 0.3 is 5.97 Å². The Morgan fingerprint density at radius 2 is 1.70 bits per heavy atom. The van der Waals surface area contributed by atoms with Crippen LogP contribution in [0.25, 0.3) is 0 Å². The van der Waals surface area contributed by atoms with E-state index < -0.39 is 50.9 Å². The molecule has 1 rings (SSSR count). The van der Waals surface area contributed by atoms with Crippen LogP contribution >= 0.6 is 0 Å². The molecular formula is C9H14O9S2. The first-order chi connectivity index (χ1) is 8.89. The maximum atomic E-state index is 11.1. The molecule has 116 valence electrons. The van der Waals surface area contributed by atoms with Gasteiger partial charge in [-0.3, -0.25) is 8.37 Å². The third-order valence-electron chi connectivity index (χ3n) is 2.36. The zero-order valence-electron chi connectivity index (χ0n) is 10.6. The Balaban J connectivity index is 3.12. The van der Waals surface area contributed by atoms with Crippen LogP contribution in [-0.4, -0.2) is 63.8 Å². The van der Waals surface area contributed by atoms with Gasteiger partial charge in [-0.05, 0) is 6.08 Å². The summed E-state index contributed by atoms with van der Waals surface area (Å²) in [6.45, 7) is 0. The molecule has 0 aliphatic heterocycles. The maximum Gasteiger partial charge on any atom is 0.331 e. The van der Waals surface area contributed by atoms with Gasteiger partial charge in [-0.15, -0.1) is 0 Å². The third kappa shape index (κ3) is 5.17. The van der Waals surface area contributed by atoms with Crippen molar-refractivity contribution in [2.45, 2.75) is 24.7 Å². The lowest BCUT2D eigenvalue weighted by Gasteiger charge is -2.31. The normalized spacial score (nSPS) is 27.9. The van der Waals surface area contributed by atoms with Crippen LogP contribution in [0.5, 0.6) is 0 Å². The van der Waals surface area contributed by atoms with Crippen LogP contribution in [0.15, 0.2) is 11.6 Å². The molecule has 0 saturated heterocycles. The lowest BCUT2D eigenvalue weighted by molar-refractivity contribution is -0.133. The fourth-order valence-corrected chi connectivity index (χ4v) is 2.98. The number of carboxylic acid groups (broad SMARTS) is 1. The summed E-state index contributed by atoms with van der Waals surface area (Å²) in [5, 5.41) is 18.6. The molecule has 0 aromatic rings. The van der Waals surface area contributed by atoms with Gasteiger partial charge in [-0.1, -0.05) is 0 Å². The van der Waals surface area contributed by atoms with Crippen molar-refractivity contribution < 1.29 is 40.2 Å². The SMILES string of the molecule is CS(=O)(=O)O[C@@H]1[C@H](O)C=C(C(=O)O)C[C@H]1OS(C)(=O)=O. The molecule has 0 heterocycles. The van der Waals surface area contributed by atoms with Gasteiger partial charge in [-0.25, -0.2) is 4.79 Å². The lowest BCUT2D eigenvalue weighted by atomic mass is 9.92. The minimum absolute atomic E-state index is 0.292. The van der Waals surface area contributed by atoms with Crippen LogP contribution < -0.4 is 0 Å². The summed E-state index contributed by atoms with van der Waals surface area (Å²) in [6.07, 6.45) is -2.71. The number of aliphatic hydroxyl groups excluding tert-OH is 1. The molecule has 0 amide bonds. The number of rotatable bonds is 5. The van der Waals surface area contributed by atoms with Gasteiger partial charge in [-0.2, -0.15) is 16.8 Å². The van der Waals surface area contributed by atoms with Gasteiger partial charge in [0.2, 0.25) is 0 Å². The van der Waals surface area contributed by atoms with E-state index in [1.54, 1.807) is 0 Å². The summed E-state index contributed by atoms with van der Waals surface area (Å²) in [6, 6.07) is 0. The highest BCUT2D eigenvalue weighted by Crippen LogP contribution is 2.26. The fourth-order valence-electron chi connectivity index (χ4n) is 1.71. The Labute approximate surface area is 116 Å². The number of hydrogen-bond donors (Lipinski definition) is 2. The number of aliphatic carboxylic acids is 1. The molecule has 0 radical (unpaired) electrons. The van der Waals surface area contributed by atoms with Crippen LogP contribution in [-0.2, 0) is 33.4 Å². The summed E-state index contributed by atoms with van der Waals surface area (Å²) < 4.78 is 53.6. The van der Waals surface area contributed by atoms with Crippen LogP contribution in [0.4, 0.5) is 0 Å². The summed E-state index contributed by atoms with van der Waals surface area (Å²) in [4.78, 5) is 10.9. The zero-order valence-corrected chi connectivity index (χ0v) is 12.2. The van der Waals surface area contributed by atoms with Gasteiger partial charge in [0.15, 0.2) is 0 Å². The van der Waals surface area contributed by atoms with Gasteiger partial charge in [0.1, 0.15) is 18.3 Å². The number of carboxylic acids is 1. The van der Waals surface area contributed by atoms with Crippen LogP contribution in [0, 0.1) is 0 Å².